The SMILES string of the molecule is PN1CCc2nc(Cl)ccc2C1. The number of fused-ring (bicyclic) bond motifs is 1. The predicted octanol–water partition coefficient (Wildman–Crippen LogP) is 1.88. The molecule has 0 saturated carbocycles. The summed E-state index contributed by atoms with van der Waals surface area (Å²) in [6.07, 6.45) is 0.999. The summed E-state index contributed by atoms with van der Waals surface area (Å²) in [7, 11) is 2.71. The van der Waals surface area contributed by atoms with Crippen molar-refractivity contribution in [1.82, 2.24) is 9.65 Å². The smallest absolute Gasteiger partial charge is 0.129 e. The van der Waals surface area contributed by atoms with E-state index in [0.29, 0.717) is 5.15 Å². The second kappa shape index (κ2) is 3.29. The molecule has 0 aromatic carbocycles. The Morgan fingerprint density at radius 1 is 1.50 bits per heavy atom. The maximum atomic E-state index is 5.78. The predicted molar refractivity (Wildman–Crippen MR) is 53.1 cm³/mol. The monoisotopic (exact) mass is 200 g/mol. The van der Waals surface area contributed by atoms with Crippen molar-refractivity contribution in [2.45, 2.75) is 13.0 Å². The van der Waals surface area contributed by atoms with E-state index in [1.165, 1.54) is 5.56 Å². The van der Waals surface area contributed by atoms with Crippen LogP contribution in [0.15, 0.2) is 12.1 Å². The molecule has 0 spiro atoms. The maximum Gasteiger partial charge on any atom is 0.129 e. The second-order valence-electron chi connectivity index (χ2n) is 2.96. The van der Waals surface area contributed by atoms with Gasteiger partial charge in [0.15, 0.2) is 0 Å². The fourth-order valence-corrected chi connectivity index (χ4v) is 1.90. The highest BCUT2D eigenvalue weighted by atomic mass is 35.5. The highest BCUT2D eigenvalue weighted by Crippen LogP contribution is 2.20. The molecule has 0 N–H and O–H groups in total. The summed E-state index contributed by atoms with van der Waals surface area (Å²) in [5.41, 5.74) is 2.45. The van der Waals surface area contributed by atoms with Crippen LogP contribution in [0.2, 0.25) is 5.15 Å². The van der Waals surface area contributed by atoms with Gasteiger partial charge in [-0.1, -0.05) is 27.1 Å². The molecule has 0 radical (unpaired) electrons. The first-order chi connectivity index (χ1) is 5.75. The van der Waals surface area contributed by atoms with Gasteiger partial charge in [0.1, 0.15) is 5.15 Å². The lowest BCUT2D eigenvalue weighted by Gasteiger charge is -2.23. The van der Waals surface area contributed by atoms with Gasteiger partial charge >= 0.3 is 0 Å². The Balaban J connectivity index is 2.37. The van der Waals surface area contributed by atoms with Crippen molar-refractivity contribution in [3.63, 3.8) is 0 Å². The minimum absolute atomic E-state index is 0.603. The molecule has 1 atom stereocenters. The molecule has 1 unspecified atom stereocenters. The Bertz CT molecular complexity index is 303. The van der Waals surface area contributed by atoms with Crippen LogP contribution in [0.4, 0.5) is 0 Å². The Morgan fingerprint density at radius 2 is 2.33 bits per heavy atom. The van der Waals surface area contributed by atoms with Crippen LogP contribution < -0.4 is 0 Å². The molecule has 0 aliphatic carbocycles. The molecule has 1 aliphatic heterocycles. The van der Waals surface area contributed by atoms with Gasteiger partial charge in [0.05, 0.1) is 0 Å². The van der Waals surface area contributed by atoms with E-state index in [4.69, 9.17) is 11.6 Å². The van der Waals surface area contributed by atoms with E-state index in [1.54, 1.807) is 0 Å². The molecule has 12 heavy (non-hydrogen) atoms. The Hall–Kier alpha value is -0.170. The minimum atomic E-state index is 0.603. The van der Waals surface area contributed by atoms with Gasteiger partial charge in [0, 0.05) is 25.2 Å². The van der Waals surface area contributed by atoms with E-state index in [1.807, 2.05) is 6.07 Å². The molecule has 2 heterocycles. The molecule has 1 aromatic rings. The van der Waals surface area contributed by atoms with Crippen LogP contribution >= 0.6 is 21.0 Å². The number of halogens is 1. The Morgan fingerprint density at radius 3 is 3.17 bits per heavy atom. The number of pyridine rings is 1. The Labute approximate surface area is 79.2 Å². The first-order valence-corrected chi connectivity index (χ1v) is 4.79. The van der Waals surface area contributed by atoms with Crippen LogP contribution in [0, 0.1) is 0 Å². The lowest BCUT2D eigenvalue weighted by molar-refractivity contribution is 0.438. The zero-order valence-corrected chi connectivity index (χ0v) is 8.54. The molecule has 2 rings (SSSR count). The molecule has 1 aromatic heterocycles. The zero-order valence-electron chi connectivity index (χ0n) is 6.63. The minimum Gasteiger partial charge on any atom is -0.283 e. The normalized spacial score (nSPS) is 17.5. The molecule has 2 nitrogen and oxygen atoms in total. The fraction of sp³-hybridized carbons (Fsp3) is 0.375. The Kier molecular flexibility index (Phi) is 2.31. The quantitative estimate of drug-likeness (QED) is 0.470. The summed E-state index contributed by atoms with van der Waals surface area (Å²) in [6, 6.07) is 3.91. The summed E-state index contributed by atoms with van der Waals surface area (Å²) in [5.74, 6) is 0. The number of aromatic nitrogens is 1. The van der Waals surface area contributed by atoms with Crippen LogP contribution in [0.5, 0.6) is 0 Å². The summed E-state index contributed by atoms with van der Waals surface area (Å²) >= 11 is 5.78. The summed E-state index contributed by atoms with van der Waals surface area (Å²) in [5, 5.41) is 0.603. The second-order valence-corrected chi connectivity index (χ2v) is 4.08. The van der Waals surface area contributed by atoms with Crippen molar-refractivity contribution >= 4 is 21.0 Å². The summed E-state index contributed by atoms with van der Waals surface area (Å²) < 4.78 is 2.21. The summed E-state index contributed by atoms with van der Waals surface area (Å²) in [6.45, 7) is 2.01. The number of hydrogen-bond donors (Lipinski definition) is 0. The van der Waals surface area contributed by atoms with Crippen LogP contribution in [0.25, 0.3) is 0 Å². The zero-order chi connectivity index (χ0) is 8.55. The topological polar surface area (TPSA) is 16.1 Å². The van der Waals surface area contributed by atoms with E-state index in [-0.39, 0.29) is 0 Å². The third-order valence-corrected chi connectivity index (χ3v) is 2.70. The molecule has 0 amide bonds. The van der Waals surface area contributed by atoms with E-state index in [2.05, 4.69) is 25.1 Å². The number of rotatable bonds is 0. The van der Waals surface area contributed by atoms with Gasteiger partial charge in [-0.05, 0) is 11.6 Å². The molecular formula is C8H10ClN2P. The first kappa shape index (κ1) is 8.43. The van der Waals surface area contributed by atoms with Crippen molar-refractivity contribution < 1.29 is 0 Å². The van der Waals surface area contributed by atoms with Crippen molar-refractivity contribution in [1.29, 1.82) is 0 Å². The van der Waals surface area contributed by atoms with Crippen LogP contribution in [0.3, 0.4) is 0 Å². The van der Waals surface area contributed by atoms with Crippen molar-refractivity contribution in [2.24, 2.45) is 0 Å². The third-order valence-electron chi connectivity index (χ3n) is 2.04. The lowest BCUT2D eigenvalue weighted by atomic mass is 10.1. The first-order valence-electron chi connectivity index (χ1n) is 3.89. The van der Waals surface area contributed by atoms with E-state index < -0.39 is 0 Å². The lowest BCUT2D eigenvalue weighted by Crippen LogP contribution is -2.22. The van der Waals surface area contributed by atoms with Gasteiger partial charge in [0.25, 0.3) is 0 Å². The van der Waals surface area contributed by atoms with Crippen molar-refractivity contribution in [2.75, 3.05) is 6.54 Å². The average molecular weight is 201 g/mol. The highest BCUT2D eigenvalue weighted by Gasteiger charge is 2.13. The fourth-order valence-electron chi connectivity index (χ4n) is 1.41. The molecule has 4 heteroatoms. The van der Waals surface area contributed by atoms with E-state index in [0.717, 1.165) is 25.2 Å². The van der Waals surface area contributed by atoms with Gasteiger partial charge in [0.2, 0.25) is 0 Å². The van der Waals surface area contributed by atoms with Gasteiger partial charge in [-0.2, -0.15) is 0 Å². The number of nitrogens with zero attached hydrogens (tertiary/aromatic N) is 2. The van der Waals surface area contributed by atoms with Crippen molar-refractivity contribution in [3.05, 3.63) is 28.5 Å². The van der Waals surface area contributed by atoms with E-state index >= 15 is 0 Å². The molecule has 0 fully saturated rings. The van der Waals surface area contributed by atoms with Gasteiger partial charge in [-0.3, -0.25) is 4.67 Å². The molecular weight excluding hydrogens is 191 g/mol. The molecule has 1 aliphatic rings. The number of hydrogen-bond acceptors (Lipinski definition) is 2. The van der Waals surface area contributed by atoms with Gasteiger partial charge in [-0.25, -0.2) is 4.98 Å². The van der Waals surface area contributed by atoms with Gasteiger partial charge in [-0.15, -0.1) is 0 Å². The maximum absolute atomic E-state index is 5.78. The molecule has 64 valence electrons. The van der Waals surface area contributed by atoms with Crippen molar-refractivity contribution in [3.8, 4) is 0 Å². The van der Waals surface area contributed by atoms with Crippen LogP contribution in [-0.4, -0.2) is 16.2 Å². The summed E-state index contributed by atoms with van der Waals surface area (Å²) in [4.78, 5) is 4.28. The van der Waals surface area contributed by atoms with Crippen LogP contribution in [0.1, 0.15) is 11.3 Å². The molecule has 0 saturated heterocycles. The molecule has 0 bridgehead atoms. The third kappa shape index (κ3) is 1.61. The highest BCUT2D eigenvalue weighted by molar-refractivity contribution is 7.13. The van der Waals surface area contributed by atoms with E-state index in [9.17, 15) is 0 Å². The van der Waals surface area contributed by atoms with Gasteiger partial charge < -0.3 is 0 Å². The standard InChI is InChI=1S/C8H10ClN2P/c9-8-2-1-6-5-11(12)4-3-7(6)10-8/h1-2H,3-5,12H2. The van der Waals surface area contributed by atoms with Crippen LogP contribution in [-0.2, 0) is 13.0 Å². The largest absolute Gasteiger partial charge is 0.283 e. The average Bonchev–Trinajstić information content (AvgIpc) is 2.05.